The summed E-state index contributed by atoms with van der Waals surface area (Å²) in [5, 5.41) is 7.08. The van der Waals surface area contributed by atoms with Crippen LogP contribution in [0.4, 0.5) is 0 Å². The van der Waals surface area contributed by atoms with Crippen LogP contribution < -0.4 is 5.32 Å². The highest BCUT2D eigenvalue weighted by Crippen LogP contribution is 2.04. The summed E-state index contributed by atoms with van der Waals surface area (Å²) in [6.45, 7) is 4.29. The second kappa shape index (κ2) is 3.25. The van der Waals surface area contributed by atoms with E-state index in [4.69, 9.17) is 9.26 Å². The highest BCUT2D eigenvalue weighted by molar-refractivity contribution is 5.02. The molecule has 66 valence electrons. The van der Waals surface area contributed by atoms with Crippen molar-refractivity contribution in [3.05, 3.63) is 17.5 Å². The van der Waals surface area contributed by atoms with Crippen molar-refractivity contribution in [3.8, 4) is 0 Å². The molecule has 0 spiro atoms. The Morgan fingerprint density at radius 1 is 1.67 bits per heavy atom. The van der Waals surface area contributed by atoms with Crippen molar-refractivity contribution >= 4 is 0 Å². The Morgan fingerprint density at radius 3 is 3.00 bits per heavy atom. The predicted molar refractivity (Wildman–Crippen MR) is 42.7 cm³/mol. The van der Waals surface area contributed by atoms with E-state index in [1.165, 1.54) is 0 Å². The summed E-state index contributed by atoms with van der Waals surface area (Å²) in [6, 6.07) is 2.43. The first-order valence-corrected chi connectivity index (χ1v) is 4.08. The Morgan fingerprint density at radius 2 is 2.50 bits per heavy atom. The monoisotopic (exact) mass is 168 g/mol. The van der Waals surface area contributed by atoms with E-state index in [-0.39, 0.29) is 0 Å². The lowest BCUT2D eigenvalue weighted by Crippen LogP contribution is -2.45. The Kier molecular flexibility index (Phi) is 2.10. The van der Waals surface area contributed by atoms with Crippen molar-refractivity contribution in [2.75, 3.05) is 13.2 Å². The molecule has 0 aromatic carbocycles. The van der Waals surface area contributed by atoms with Gasteiger partial charge in [-0.05, 0) is 6.92 Å². The van der Waals surface area contributed by atoms with E-state index in [0.717, 1.165) is 31.2 Å². The van der Waals surface area contributed by atoms with Gasteiger partial charge in [0.15, 0.2) is 5.76 Å². The van der Waals surface area contributed by atoms with E-state index >= 15 is 0 Å². The first kappa shape index (κ1) is 7.76. The molecule has 12 heavy (non-hydrogen) atoms. The Bertz CT molecular complexity index is 255. The third-order valence-corrected chi connectivity index (χ3v) is 1.88. The third-order valence-electron chi connectivity index (χ3n) is 1.88. The molecule has 1 aromatic rings. The van der Waals surface area contributed by atoms with Gasteiger partial charge in [-0.3, -0.25) is 0 Å². The lowest BCUT2D eigenvalue weighted by Gasteiger charge is -2.26. The van der Waals surface area contributed by atoms with Gasteiger partial charge in [0.1, 0.15) is 0 Å². The van der Waals surface area contributed by atoms with Crippen LogP contribution >= 0.6 is 0 Å². The molecule has 4 nitrogen and oxygen atoms in total. The summed E-state index contributed by atoms with van der Waals surface area (Å²) in [4.78, 5) is 0. The normalized spacial score (nSPS) is 17.8. The second-order valence-electron chi connectivity index (χ2n) is 3.05. The van der Waals surface area contributed by atoms with Crippen LogP contribution in [-0.4, -0.2) is 24.4 Å². The van der Waals surface area contributed by atoms with Gasteiger partial charge in [-0.15, -0.1) is 0 Å². The molecule has 0 atom stereocenters. The van der Waals surface area contributed by atoms with E-state index in [1.54, 1.807) is 0 Å². The molecule has 1 aliphatic rings. The summed E-state index contributed by atoms with van der Waals surface area (Å²) < 4.78 is 10.0. The molecule has 1 fully saturated rings. The molecule has 0 bridgehead atoms. The van der Waals surface area contributed by atoms with Gasteiger partial charge in [0.25, 0.3) is 0 Å². The highest BCUT2D eigenvalue weighted by Gasteiger charge is 2.17. The number of hydrogen-bond acceptors (Lipinski definition) is 4. The lowest BCUT2D eigenvalue weighted by atomic mass is 10.2. The zero-order chi connectivity index (χ0) is 8.39. The maximum atomic E-state index is 5.03. The molecular weight excluding hydrogens is 156 g/mol. The van der Waals surface area contributed by atoms with E-state index < -0.39 is 0 Å². The Balaban J connectivity index is 1.79. The third kappa shape index (κ3) is 1.65. The molecule has 1 N–H and O–H groups in total. The molecule has 2 rings (SSSR count). The fourth-order valence-electron chi connectivity index (χ4n) is 1.10. The van der Waals surface area contributed by atoms with Gasteiger partial charge in [0, 0.05) is 6.07 Å². The van der Waals surface area contributed by atoms with Crippen LogP contribution in [0.15, 0.2) is 10.6 Å². The number of nitrogens with zero attached hydrogens (tertiary/aromatic N) is 1. The first-order chi connectivity index (χ1) is 5.84. The minimum atomic E-state index is 0.496. The van der Waals surface area contributed by atoms with Crippen molar-refractivity contribution in [3.63, 3.8) is 0 Å². The SMILES string of the molecule is Cc1cc(CNC2COC2)on1. The van der Waals surface area contributed by atoms with Gasteiger partial charge in [-0.1, -0.05) is 5.16 Å². The van der Waals surface area contributed by atoms with Gasteiger partial charge < -0.3 is 14.6 Å². The molecule has 2 heterocycles. The fraction of sp³-hybridized carbons (Fsp3) is 0.625. The van der Waals surface area contributed by atoms with Crippen molar-refractivity contribution in [2.45, 2.75) is 19.5 Å². The molecular formula is C8H12N2O2. The van der Waals surface area contributed by atoms with Gasteiger partial charge in [-0.2, -0.15) is 0 Å². The largest absolute Gasteiger partial charge is 0.378 e. The molecule has 0 unspecified atom stereocenters. The van der Waals surface area contributed by atoms with Crippen LogP contribution in [0, 0.1) is 6.92 Å². The maximum absolute atomic E-state index is 5.03. The zero-order valence-electron chi connectivity index (χ0n) is 7.04. The first-order valence-electron chi connectivity index (χ1n) is 4.08. The molecule has 0 amide bonds. The average Bonchev–Trinajstić information content (AvgIpc) is 2.32. The van der Waals surface area contributed by atoms with Crippen molar-refractivity contribution in [1.29, 1.82) is 0 Å². The molecule has 1 saturated heterocycles. The molecule has 1 aliphatic heterocycles. The summed E-state index contributed by atoms with van der Waals surface area (Å²) in [6.07, 6.45) is 0. The Labute approximate surface area is 70.9 Å². The molecule has 4 heteroatoms. The van der Waals surface area contributed by atoms with E-state index in [9.17, 15) is 0 Å². The zero-order valence-corrected chi connectivity index (χ0v) is 7.04. The summed E-state index contributed by atoms with van der Waals surface area (Å²) in [5.41, 5.74) is 0.927. The minimum Gasteiger partial charge on any atom is -0.378 e. The maximum Gasteiger partial charge on any atom is 0.150 e. The topological polar surface area (TPSA) is 47.3 Å². The van der Waals surface area contributed by atoms with Crippen LogP contribution in [0.3, 0.4) is 0 Å². The molecule has 0 radical (unpaired) electrons. The quantitative estimate of drug-likeness (QED) is 0.712. The fourth-order valence-corrected chi connectivity index (χ4v) is 1.10. The van der Waals surface area contributed by atoms with Crippen molar-refractivity contribution in [2.24, 2.45) is 0 Å². The van der Waals surface area contributed by atoms with Crippen LogP contribution in [-0.2, 0) is 11.3 Å². The number of hydrogen-bond donors (Lipinski definition) is 1. The number of aryl methyl sites for hydroxylation is 1. The number of ether oxygens (including phenoxy) is 1. The van der Waals surface area contributed by atoms with Gasteiger partial charge in [0.05, 0.1) is 31.5 Å². The summed E-state index contributed by atoms with van der Waals surface area (Å²) in [5.74, 6) is 0.888. The van der Waals surface area contributed by atoms with E-state index in [0.29, 0.717) is 6.04 Å². The minimum absolute atomic E-state index is 0.496. The highest BCUT2D eigenvalue weighted by atomic mass is 16.5. The number of aromatic nitrogens is 1. The summed E-state index contributed by atoms with van der Waals surface area (Å²) >= 11 is 0. The van der Waals surface area contributed by atoms with Gasteiger partial charge >= 0.3 is 0 Å². The lowest BCUT2D eigenvalue weighted by molar-refractivity contribution is -0.00658. The molecule has 0 saturated carbocycles. The number of rotatable bonds is 3. The van der Waals surface area contributed by atoms with Crippen molar-refractivity contribution < 1.29 is 9.26 Å². The smallest absolute Gasteiger partial charge is 0.150 e. The van der Waals surface area contributed by atoms with Gasteiger partial charge in [-0.25, -0.2) is 0 Å². The molecule has 1 aromatic heterocycles. The van der Waals surface area contributed by atoms with E-state index in [2.05, 4.69) is 10.5 Å². The average molecular weight is 168 g/mol. The van der Waals surface area contributed by atoms with Crippen LogP contribution in [0.25, 0.3) is 0 Å². The Hall–Kier alpha value is -0.870. The van der Waals surface area contributed by atoms with Gasteiger partial charge in [0.2, 0.25) is 0 Å². The second-order valence-corrected chi connectivity index (χ2v) is 3.05. The predicted octanol–water partition coefficient (Wildman–Crippen LogP) is 0.471. The molecule has 0 aliphatic carbocycles. The van der Waals surface area contributed by atoms with E-state index in [1.807, 2.05) is 13.0 Å². The van der Waals surface area contributed by atoms with Crippen LogP contribution in [0.5, 0.6) is 0 Å². The summed E-state index contributed by atoms with van der Waals surface area (Å²) in [7, 11) is 0. The van der Waals surface area contributed by atoms with Crippen LogP contribution in [0.1, 0.15) is 11.5 Å². The van der Waals surface area contributed by atoms with Crippen LogP contribution in [0.2, 0.25) is 0 Å². The van der Waals surface area contributed by atoms with Crippen molar-refractivity contribution in [1.82, 2.24) is 10.5 Å². The number of nitrogens with one attached hydrogen (secondary N) is 1. The standard InChI is InChI=1S/C8H12N2O2/c1-6-2-8(12-10-6)3-9-7-4-11-5-7/h2,7,9H,3-5H2,1H3.